The number of aryl methyl sites for hydroxylation is 1. The van der Waals surface area contributed by atoms with E-state index < -0.39 is 5.97 Å². The number of H-pyrrole nitrogens is 1. The number of nitrogens with two attached hydrogens (primary N) is 1. The highest BCUT2D eigenvalue weighted by Gasteiger charge is 2.36. The molecule has 0 saturated heterocycles. The van der Waals surface area contributed by atoms with Crippen LogP contribution < -0.4 is 11.1 Å². The third-order valence-electron chi connectivity index (χ3n) is 6.24. The molecule has 3 aliphatic carbocycles. The summed E-state index contributed by atoms with van der Waals surface area (Å²) in [5, 5.41) is 13.3. The zero-order chi connectivity index (χ0) is 18.5. The lowest BCUT2D eigenvalue weighted by Crippen LogP contribution is -2.18. The summed E-state index contributed by atoms with van der Waals surface area (Å²) >= 11 is 0. The van der Waals surface area contributed by atoms with E-state index in [1.807, 2.05) is 6.20 Å². The second-order valence-electron chi connectivity index (χ2n) is 8.13. The minimum Gasteiger partial charge on any atom is -0.478 e. The van der Waals surface area contributed by atoms with Gasteiger partial charge in [0.1, 0.15) is 0 Å². The van der Waals surface area contributed by atoms with Crippen LogP contribution in [-0.2, 0) is 12.8 Å². The van der Waals surface area contributed by atoms with Gasteiger partial charge < -0.3 is 21.1 Å². The number of fused-ring (bicyclic) bond motifs is 3. The molecule has 7 heteroatoms. The van der Waals surface area contributed by atoms with Crippen molar-refractivity contribution in [1.29, 1.82) is 0 Å². The molecular weight excluding hydrogens is 342 g/mol. The lowest BCUT2D eigenvalue weighted by Gasteiger charge is -2.18. The molecule has 2 heterocycles. The molecule has 5 N–H and O–H groups in total. The van der Waals surface area contributed by atoms with Gasteiger partial charge in [-0.25, -0.2) is 14.8 Å². The van der Waals surface area contributed by atoms with E-state index in [-0.39, 0.29) is 6.04 Å². The average molecular weight is 367 g/mol. The van der Waals surface area contributed by atoms with Gasteiger partial charge in [0.25, 0.3) is 0 Å². The first-order chi connectivity index (χ1) is 13.1. The van der Waals surface area contributed by atoms with Gasteiger partial charge >= 0.3 is 5.97 Å². The maximum absolute atomic E-state index is 12.0. The highest BCUT2D eigenvalue weighted by molar-refractivity contribution is 5.94. The van der Waals surface area contributed by atoms with Crippen molar-refractivity contribution in [3.8, 4) is 11.4 Å². The van der Waals surface area contributed by atoms with E-state index in [9.17, 15) is 9.90 Å². The fourth-order valence-corrected chi connectivity index (χ4v) is 4.59. The van der Waals surface area contributed by atoms with E-state index >= 15 is 0 Å². The Kier molecular flexibility index (Phi) is 3.93. The molecule has 2 aromatic heterocycles. The SMILES string of the molecule is NC(c1[nH]c2c(c1C(=O)O)CCc1cnc(NC3CCCC3)nc1-2)C1CC1. The number of aromatic amines is 1. The van der Waals surface area contributed by atoms with E-state index in [1.165, 1.54) is 12.8 Å². The average Bonchev–Trinajstić information content (AvgIpc) is 3.23. The predicted molar refractivity (Wildman–Crippen MR) is 102 cm³/mol. The Morgan fingerprint density at radius 3 is 2.74 bits per heavy atom. The maximum atomic E-state index is 12.0. The van der Waals surface area contributed by atoms with Gasteiger partial charge in [0.2, 0.25) is 5.95 Å². The zero-order valence-electron chi connectivity index (χ0n) is 15.3. The first kappa shape index (κ1) is 16.7. The summed E-state index contributed by atoms with van der Waals surface area (Å²) in [4.78, 5) is 24.6. The van der Waals surface area contributed by atoms with Gasteiger partial charge in [0.05, 0.1) is 17.0 Å². The van der Waals surface area contributed by atoms with Crippen LogP contribution in [0.5, 0.6) is 0 Å². The molecule has 1 atom stereocenters. The number of anilines is 1. The predicted octanol–water partition coefficient (Wildman–Crippen LogP) is 3.03. The molecule has 3 aliphatic rings. The lowest BCUT2D eigenvalue weighted by atomic mass is 9.91. The molecule has 7 nitrogen and oxygen atoms in total. The molecule has 0 aliphatic heterocycles. The summed E-state index contributed by atoms with van der Waals surface area (Å²) in [6, 6.07) is 0.186. The molecule has 27 heavy (non-hydrogen) atoms. The largest absolute Gasteiger partial charge is 0.478 e. The number of carboxylic acids is 1. The Morgan fingerprint density at radius 2 is 2.04 bits per heavy atom. The van der Waals surface area contributed by atoms with Gasteiger partial charge in [0.15, 0.2) is 0 Å². The number of hydrogen-bond acceptors (Lipinski definition) is 5. The number of aromatic carboxylic acids is 1. The molecule has 2 fully saturated rings. The van der Waals surface area contributed by atoms with Gasteiger partial charge in [-0.3, -0.25) is 0 Å². The van der Waals surface area contributed by atoms with Gasteiger partial charge in [-0.1, -0.05) is 12.8 Å². The van der Waals surface area contributed by atoms with Gasteiger partial charge in [-0.15, -0.1) is 0 Å². The minimum atomic E-state index is -0.902. The van der Waals surface area contributed by atoms with Crippen molar-refractivity contribution in [2.75, 3.05) is 5.32 Å². The monoisotopic (exact) mass is 367 g/mol. The number of aromatic nitrogens is 3. The van der Waals surface area contributed by atoms with Crippen molar-refractivity contribution >= 4 is 11.9 Å². The van der Waals surface area contributed by atoms with Gasteiger partial charge in [-0.2, -0.15) is 0 Å². The van der Waals surface area contributed by atoms with E-state index in [1.54, 1.807) is 0 Å². The van der Waals surface area contributed by atoms with Crippen molar-refractivity contribution in [3.05, 3.63) is 28.6 Å². The third kappa shape index (κ3) is 2.90. The van der Waals surface area contributed by atoms with Crippen LogP contribution in [0.25, 0.3) is 11.4 Å². The number of rotatable bonds is 5. The minimum absolute atomic E-state index is 0.247. The Hall–Kier alpha value is -2.41. The zero-order valence-corrected chi connectivity index (χ0v) is 15.3. The number of nitrogens with one attached hydrogen (secondary N) is 2. The standard InChI is InChI=1S/C20H25N5O2/c21-15(10-5-6-10)18-14(19(26)27)13-8-7-11-9-22-20(23-12-3-1-2-4-12)25-16(11)17(13)24-18/h9-10,12,15,24H,1-8,21H2,(H,26,27)(H,22,23,25). The van der Waals surface area contributed by atoms with Gasteiger partial charge in [0, 0.05) is 24.0 Å². The topological polar surface area (TPSA) is 117 Å². The number of hydrogen-bond donors (Lipinski definition) is 4. The van der Waals surface area contributed by atoms with Crippen molar-refractivity contribution in [2.24, 2.45) is 11.7 Å². The van der Waals surface area contributed by atoms with Crippen molar-refractivity contribution < 1.29 is 9.90 Å². The van der Waals surface area contributed by atoms with Crippen molar-refractivity contribution in [3.63, 3.8) is 0 Å². The van der Waals surface area contributed by atoms with Crippen LogP contribution in [0.4, 0.5) is 5.95 Å². The van der Waals surface area contributed by atoms with Crippen LogP contribution in [0.15, 0.2) is 6.20 Å². The van der Waals surface area contributed by atoms with E-state index in [2.05, 4.69) is 15.3 Å². The molecule has 2 aromatic rings. The Bertz CT molecular complexity index is 896. The van der Waals surface area contributed by atoms with Crippen LogP contribution in [0.1, 0.15) is 71.7 Å². The van der Waals surface area contributed by atoms with Crippen LogP contribution in [0.2, 0.25) is 0 Å². The smallest absolute Gasteiger partial charge is 0.337 e. The quantitative estimate of drug-likeness (QED) is 0.645. The fraction of sp³-hybridized carbons (Fsp3) is 0.550. The summed E-state index contributed by atoms with van der Waals surface area (Å²) in [6.07, 6.45) is 10.2. The Morgan fingerprint density at radius 1 is 1.26 bits per heavy atom. The number of nitrogens with zero attached hydrogens (tertiary/aromatic N) is 2. The number of carbonyl (C=O) groups is 1. The summed E-state index contributed by atoms with van der Waals surface area (Å²) in [7, 11) is 0. The molecule has 0 radical (unpaired) electrons. The first-order valence-electron chi connectivity index (χ1n) is 9.98. The molecule has 5 rings (SSSR count). The molecule has 0 amide bonds. The Balaban J connectivity index is 1.56. The van der Waals surface area contributed by atoms with E-state index in [4.69, 9.17) is 10.7 Å². The summed E-state index contributed by atoms with van der Waals surface area (Å²) in [6.45, 7) is 0. The Labute approximate surface area is 157 Å². The first-order valence-corrected chi connectivity index (χ1v) is 9.98. The van der Waals surface area contributed by atoms with Crippen molar-refractivity contribution in [1.82, 2.24) is 15.0 Å². The maximum Gasteiger partial charge on any atom is 0.337 e. The normalized spacial score (nSPS) is 20.2. The lowest BCUT2D eigenvalue weighted by molar-refractivity contribution is 0.0694. The second-order valence-corrected chi connectivity index (χ2v) is 8.13. The summed E-state index contributed by atoms with van der Waals surface area (Å²) in [5.74, 6) is 0.112. The molecule has 0 aromatic carbocycles. The van der Waals surface area contributed by atoms with Gasteiger partial charge in [-0.05, 0) is 55.6 Å². The molecule has 142 valence electrons. The van der Waals surface area contributed by atoms with Crippen LogP contribution in [-0.4, -0.2) is 32.1 Å². The molecule has 0 bridgehead atoms. The molecule has 2 saturated carbocycles. The van der Waals surface area contributed by atoms with Crippen molar-refractivity contribution in [2.45, 2.75) is 63.5 Å². The second kappa shape index (κ2) is 6.34. The van der Waals surface area contributed by atoms with Crippen LogP contribution >= 0.6 is 0 Å². The number of carboxylic acid groups (broad SMARTS) is 1. The third-order valence-corrected chi connectivity index (χ3v) is 6.24. The molecule has 0 spiro atoms. The molecule has 1 unspecified atom stereocenters. The summed E-state index contributed by atoms with van der Waals surface area (Å²) in [5.41, 5.74) is 10.9. The van der Waals surface area contributed by atoms with Crippen LogP contribution in [0.3, 0.4) is 0 Å². The van der Waals surface area contributed by atoms with Crippen LogP contribution in [0, 0.1) is 5.92 Å². The fourth-order valence-electron chi connectivity index (χ4n) is 4.59. The van der Waals surface area contributed by atoms with E-state index in [0.29, 0.717) is 35.6 Å². The highest BCUT2D eigenvalue weighted by atomic mass is 16.4. The van der Waals surface area contributed by atoms with E-state index in [0.717, 1.165) is 54.6 Å². The molecular formula is C20H25N5O2. The highest BCUT2D eigenvalue weighted by Crippen LogP contribution is 2.43. The summed E-state index contributed by atoms with van der Waals surface area (Å²) < 4.78 is 0.